The predicted octanol–water partition coefficient (Wildman–Crippen LogP) is 4.54. The lowest BCUT2D eigenvalue weighted by atomic mass is 10.1. The second kappa shape index (κ2) is 10.4. The lowest BCUT2D eigenvalue weighted by molar-refractivity contribution is 0.0526. The number of hydrogen-bond acceptors (Lipinski definition) is 5. The molecule has 0 saturated carbocycles. The van der Waals surface area contributed by atoms with Crippen LogP contribution < -0.4 is 5.56 Å². The Morgan fingerprint density at radius 2 is 1.72 bits per heavy atom. The van der Waals surface area contributed by atoms with Gasteiger partial charge in [-0.2, -0.15) is 4.31 Å². The van der Waals surface area contributed by atoms with Crippen molar-refractivity contribution in [2.75, 3.05) is 6.61 Å². The molecule has 36 heavy (non-hydrogen) atoms. The molecule has 1 N–H and O–H groups in total. The normalized spacial score (nSPS) is 11.7. The zero-order chi connectivity index (χ0) is 25.9. The Balaban J connectivity index is 1.78. The highest BCUT2D eigenvalue weighted by atomic mass is 32.2. The number of benzene rings is 3. The molecule has 0 aliphatic carbocycles. The molecule has 186 valence electrons. The van der Waals surface area contributed by atoms with Crippen molar-refractivity contribution in [3.05, 3.63) is 111 Å². The third-order valence-electron chi connectivity index (χ3n) is 5.77. The third-order valence-corrected chi connectivity index (χ3v) is 7.55. The fourth-order valence-electron chi connectivity index (χ4n) is 3.90. The van der Waals surface area contributed by atoms with E-state index < -0.39 is 27.4 Å². The lowest BCUT2D eigenvalue weighted by Gasteiger charge is -2.23. The molecular formula is C27H25FN2O5S. The molecule has 4 aromatic rings. The van der Waals surface area contributed by atoms with Gasteiger partial charge in [-0.15, -0.1) is 0 Å². The summed E-state index contributed by atoms with van der Waals surface area (Å²) in [7, 11) is -4.18. The number of esters is 1. The van der Waals surface area contributed by atoms with Crippen molar-refractivity contribution in [3.63, 3.8) is 0 Å². The first-order valence-corrected chi connectivity index (χ1v) is 12.8. The van der Waals surface area contributed by atoms with Crippen molar-refractivity contribution in [1.29, 1.82) is 0 Å². The molecule has 0 fully saturated rings. The molecule has 7 nitrogen and oxygen atoms in total. The largest absolute Gasteiger partial charge is 0.462 e. The minimum absolute atomic E-state index is 0.0960. The van der Waals surface area contributed by atoms with E-state index in [0.717, 1.165) is 15.3 Å². The molecule has 1 heterocycles. The summed E-state index contributed by atoms with van der Waals surface area (Å²) < 4.78 is 47.1. The number of pyridine rings is 1. The van der Waals surface area contributed by atoms with Gasteiger partial charge in [-0.3, -0.25) is 4.79 Å². The quantitative estimate of drug-likeness (QED) is 0.353. The number of hydrogen-bond donors (Lipinski definition) is 1. The highest BCUT2D eigenvalue weighted by molar-refractivity contribution is 7.89. The summed E-state index contributed by atoms with van der Waals surface area (Å²) in [5, 5.41) is 0.771. The number of carbonyl (C=O) groups excluding carboxylic acids is 1. The van der Waals surface area contributed by atoms with Crippen LogP contribution in [0.4, 0.5) is 4.39 Å². The Kier molecular flexibility index (Phi) is 7.32. The van der Waals surface area contributed by atoms with Crippen molar-refractivity contribution in [1.82, 2.24) is 9.29 Å². The van der Waals surface area contributed by atoms with E-state index in [2.05, 4.69) is 4.98 Å². The summed E-state index contributed by atoms with van der Waals surface area (Å²) >= 11 is 0. The highest BCUT2D eigenvalue weighted by Gasteiger charge is 2.27. The number of ether oxygens (including phenoxy) is 1. The van der Waals surface area contributed by atoms with Gasteiger partial charge >= 0.3 is 5.97 Å². The lowest BCUT2D eigenvalue weighted by Crippen LogP contribution is -2.32. The van der Waals surface area contributed by atoms with Crippen LogP contribution in [0.5, 0.6) is 0 Å². The summed E-state index contributed by atoms with van der Waals surface area (Å²) in [6.45, 7) is 3.34. The summed E-state index contributed by atoms with van der Waals surface area (Å²) in [5.41, 5.74) is 2.05. The molecule has 0 aliphatic heterocycles. The van der Waals surface area contributed by atoms with Crippen molar-refractivity contribution < 1.29 is 22.3 Å². The summed E-state index contributed by atoms with van der Waals surface area (Å²) in [5.74, 6) is -1.09. The number of rotatable bonds is 8. The van der Waals surface area contributed by atoms with E-state index in [-0.39, 0.29) is 35.7 Å². The number of aromatic nitrogens is 1. The topological polar surface area (TPSA) is 96.5 Å². The molecule has 4 rings (SSSR count). The number of carbonyl (C=O) groups is 1. The van der Waals surface area contributed by atoms with Gasteiger partial charge in [0.15, 0.2) is 0 Å². The Hall–Kier alpha value is -3.82. The van der Waals surface area contributed by atoms with Gasteiger partial charge < -0.3 is 9.72 Å². The summed E-state index contributed by atoms with van der Waals surface area (Å²) in [4.78, 5) is 27.8. The molecule has 0 bridgehead atoms. The average Bonchev–Trinajstić information content (AvgIpc) is 2.86. The van der Waals surface area contributed by atoms with E-state index in [1.54, 1.807) is 13.0 Å². The Morgan fingerprint density at radius 3 is 2.44 bits per heavy atom. The van der Waals surface area contributed by atoms with Crippen LogP contribution in [0.1, 0.15) is 34.0 Å². The van der Waals surface area contributed by atoms with Gasteiger partial charge in [-0.25, -0.2) is 17.6 Å². The molecule has 0 spiro atoms. The molecule has 1 aromatic heterocycles. The van der Waals surface area contributed by atoms with Crippen LogP contribution in [0.25, 0.3) is 10.9 Å². The van der Waals surface area contributed by atoms with Crippen LogP contribution in [0, 0.1) is 12.7 Å². The fourth-order valence-corrected chi connectivity index (χ4v) is 5.35. The maximum atomic E-state index is 13.8. The van der Waals surface area contributed by atoms with E-state index >= 15 is 0 Å². The van der Waals surface area contributed by atoms with Crippen LogP contribution >= 0.6 is 0 Å². The van der Waals surface area contributed by atoms with Crippen LogP contribution in [0.2, 0.25) is 0 Å². The number of halogens is 1. The molecule has 0 radical (unpaired) electrons. The smallest absolute Gasteiger partial charge is 0.338 e. The van der Waals surface area contributed by atoms with Gasteiger partial charge in [0.05, 0.1) is 22.6 Å². The number of nitrogens with one attached hydrogen (secondary N) is 1. The highest BCUT2D eigenvalue weighted by Crippen LogP contribution is 2.23. The standard InChI is InChI=1S/C27H25FN2O5S/c1-3-35-27(32)21-8-5-9-24(15-21)36(33,34)30(16-19-10-12-23(28)13-11-19)17-22-14-20-7-4-6-18(2)25(20)29-26(22)31/h4-15H,3,16-17H2,1-2H3,(H,29,31). The van der Waals surface area contributed by atoms with Gasteiger partial charge in [-0.05, 0) is 66.8 Å². The van der Waals surface area contributed by atoms with Gasteiger partial charge in [0, 0.05) is 18.7 Å². The van der Waals surface area contributed by atoms with Gasteiger partial charge in [0.2, 0.25) is 10.0 Å². The number of aryl methyl sites for hydroxylation is 1. The molecule has 0 atom stereocenters. The SMILES string of the molecule is CCOC(=O)c1cccc(S(=O)(=O)N(Cc2ccc(F)cc2)Cc2cc3cccc(C)c3[nH]c2=O)c1. The minimum atomic E-state index is -4.18. The van der Waals surface area contributed by atoms with Crippen LogP contribution in [-0.2, 0) is 27.8 Å². The maximum absolute atomic E-state index is 13.8. The Bertz CT molecular complexity index is 1580. The Labute approximate surface area is 208 Å². The molecule has 0 aliphatic rings. The summed E-state index contributed by atoms with van der Waals surface area (Å²) in [6, 6.07) is 18.3. The van der Waals surface area contributed by atoms with Crippen molar-refractivity contribution in [2.24, 2.45) is 0 Å². The van der Waals surface area contributed by atoms with Crippen molar-refractivity contribution in [3.8, 4) is 0 Å². The number of nitrogens with zero attached hydrogens (tertiary/aromatic N) is 1. The zero-order valence-corrected chi connectivity index (χ0v) is 20.6. The maximum Gasteiger partial charge on any atom is 0.338 e. The molecule has 0 unspecified atom stereocenters. The van der Waals surface area contributed by atoms with E-state index in [1.807, 2.05) is 25.1 Å². The molecule has 3 aromatic carbocycles. The first kappa shape index (κ1) is 25.3. The van der Waals surface area contributed by atoms with Crippen LogP contribution in [0.15, 0.2) is 82.5 Å². The monoisotopic (exact) mass is 508 g/mol. The van der Waals surface area contributed by atoms with Crippen LogP contribution in [0.3, 0.4) is 0 Å². The van der Waals surface area contributed by atoms with Gasteiger partial charge in [0.25, 0.3) is 5.56 Å². The molecule has 9 heteroatoms. The zero-order valence-electron chi connectivity index (χ0n) is 19.8. The number of H-pyrrole nitrogens is 1. The molecular weight excluding hydrogens is 483 g/mol. The first-order chi connectivity index (χ1) is 17.2. The van der Waals surface area contributed by atoms with Crippen molar-refractivity contribution in [2.45, 2.75) is 31.8 Å². The Morgan fingerprint density at radius 1 is 1.00 bits per heavy atom. The van der Waals surface area contributed by atoms with E-state index in [0.29, 0.717) is 11.1 Å². The van der Waals surface area contributed by atoms with Gasteiger partial charge in [0.1, 0.15) is 5.82 Å². The predicted molar refractivity (Wildman–Crippen MR) is 135 cm³/mol. The number of aromatic amines is 1. The second-order valence-electron chi connectivity index (χ2n) is 8.31. The molecule has 0 amide bonds. The fraction of sp³-hybridized carbons (Fsp3) is 0.185. The van der Waals surface area contributed by atoms with Crippen LogP contribution in [-0.4, -0.2) is 30.3 Å². The van der Waals surface area contributed by atoms with Crippen molar-refractivity contribution >= 4 is 26.9 Å². The third kappa shape index (κ3) is 5.37. The van der Waals surface area contributed by atoms with E-state index in [1.165, 1.54) is 48.5 Å². The summed E-state index contributed by atoms with van der Waals surface area (Å²) in [6.07, 6.45) is 0. The second-order valence-corrected chi connectivity index (χ2v) is 10.2. The van der Waals surface area contributed by atoms with E-state index in [4.69, 9.17) is 4.74 Å². The number of para-hydroxylation sites is 1. The number of sulfonamides is 1. The average molecular weight is 509 g/mol. The minimum Gasteiger partial charge on any atom is -0.462 e. The first-order valence-electron chi connectivity index (χ1n) is 11.3. The van der Waals surface area contributed by atoms with Gasteiger partial charge in [-0.1, -0.05) is 36.4 Å². The van der Waals surface area contributed by atoms with E-state index in [9.17, 15) is 22.4 Å². The molecule has 0 saturated heterocycles. The number of fused-ring (bicyclic) bond motifs is 1.